The molecule has 1 amide bonds. The van der Waals surface area contributed by atoms with Crippen LogP contribution < -0.4 is 5.32 Å². The van der Waals surface area contributed by atoms with E-state index in [1.54, 1.807) is 11.3 Å². The quantitative estimate of drug-likeness (QED) is 0.750. The Balaban J connectivity index is 2.24. The second kappa shape index (κ2) is 6.66. The molecule has 0 bridgehead atoms. The summed E-state index contributed by atoms with van der Waals surface area (Å²) >= 11 is 1.55. The highest BCUT2D eigenvalue weighted by Gasteiger charge is 2.08. The van der Waals surface area contributed by atoms with Gasteiger partial charge in [0.25, 0.3) is 5.91 Å². The molecule has 1 atom stereocenters. The predicted octanol–water partition coefficient (Wildman–Crippen LogP) is 2.19. The van der Waals surface area contributed by atoms with E-state index in [4.69, 9.17) is 5.11 Å². The fourth-order valence-electron chi connectivity index (χ4n) is 1.43. The van der Waals surface area contributed by atoms with Gasteiger partial charge in [-0.25, -0.2) is 0 Å². The Morgan fingerprint density at radius 3 is 2.88 bits per heavy atom. The molecule has 4 heteroatoms. The van der Waals surface area contributed by atoms with Crippen LogP contribution in [0.1, 0.15) is 35.7 Å². The van der Waals surface area contributed by atoms with Gasteiger partial charge in [-0.1, -0.05) is 6.92 Å². The van der Waals surface area contributed by atoms with Gasteiger partial charge in [0, 0.05) is 18.5 Å². The number of thiophene rings is 1. The first-order valence-corrected chi connectivity index (χ1v) is 6.51. The lowest BCUT2D eigenvalue weighted by atomic mass is 10.1. The summed E-state index contributed by atoms with van der Waals surface area (Å²) in [5.74, 6) is 0.329. The average molecular weight is 241 g/mol. The van der Waals surface area contributed by atoms with Gasteiger partial charge in [-0.05, 0) is 36.6 Å². The number of aliphatic hydroxyl groups excluding tert-OH is 1. The maximum absolute atomic E-state index is 11.7. The molecule has 90 valence electrons. The highest BCUT2D eigenvalue weighted by Crippen LogP contribution is 2.13. The molecule has 0 aliphatic rings. The minimum atomic E-state index is 0.00963. The van der Waals surface area contributed by atoms with Crippen LogP contribution in [-0.2, 0) is 0 Å². The molecule has 0 saturated heterocycles. The van der Waals surface area contributed by atoms with E-state index < -0.39 is 0 Å². The summed E-state index contributed by atoms with van der Waals surface area (Å²) in [4.78, 5) is 11.7. The van der Waals surface area contributed by atoms with Crippen molar-refractivity contribution in [1.82, 2.24) is 5.32 Å². The summed E-state index contributed by atoms with van der Waals surface area (Å²) in [5, 5.41) is 15.6. The zero-order valence-electron chi connectivity index (χ0n) is 9.82. The second-order valence-electron chi connectivity index (χ2n) is 4.15. The van der Waals surface area contributed by atoms with Gasteiger partial charge in [0.15, 0.2) is 0 Å². The van der Waals surface area contributed by atoms with E-state index in [0.29, 0.717) is 12.5 Å². The maximum Gasteiger partial charge on any atom is 0.252 e. The minimum Gasteiger partial charge on any atom is -0.396 e. The third-order valence-electron chi connectivity index (χ3n) is 2.57. The topological polar surface area (TPSA) is 49.3 Å². The smallest absolute Gasteiger partial charge is 0.252 e. The first kappa shape index (κ1) is 13.2. The van der Waals surface area contributed by atoms with Crippen LogP contribution >= 0.6 is 11.3 Å². The van der Waals surface area contributed by atoms with Crippen molar-refractivity contribution < 1.29 is 9.90 Å². The van der Waals surface area contributed by atoms with Crippen LogP contribution in [0.5, 0.6) is 0 Å². The predicted molar refractivity (Wildman–Crippen MR) is 66.9 cm³/mol. The van der Waals surface area contributed by atoms with Crippen LogP contribution in [0.3, 0.4) is 0 Å². The molecule has 2 N–H and O–H groups in total. The highest BCUT2D eigenvalue weighted by molar-refractivity contribution is 7.08. The van der Waals surface area contributed by atoms with Gasteiger partial charge in [-0.15, -0.1) is 0 Å². The van der Waals surface area contributed by atoms with Crippen molar-refractivity contribution in [3.63, 3.8) is 0 Å². The Morgan fingerprint density at radius 1 is 1.56 bits per heavy atom. The zero-order chi connectivity index (χ0) is 12.0. The van der Waals surface area contributed by atoms with Crippen molar-refractivity contribution in [2.24, 2.45) is 5.92 Å². The van der Waals surface area contributed by atoms with Gasteiger partial charge in [-0.2, -0.15) is 11.3 Å². The maximum atomic E-state index is 11.7. The number of hydrogen-bond donors (Lipinski definition) is 2. The van der Waals surface area contributed by atoms with Crippen molar-refractivity contribution in [3.05, 3.63) is 21.9 Å². The molecule has 0 saturated carbocycles. The molecule has 0 aliphatic heterocycles. The normalized spacial score (nSPS) is 12.4. The van der Waals surface area contributed by atoms with Gasteiger partial charge < -0.3 is 10.4 Å². The molecule has 0 aromatic carbocycles. The monoisotopic (exact) mass is 241 g/mol. The summed E-state index contributed by atoms with van der Waals surface area (Å²) in [7, 11) is 0. The first-order valence-electron chi connectivity index (χ1n) is 5.57. The summed E-state index contributed by atoms with van der Waals surface area (Å²) in [6.07, 6.45) is 1.86. The van der Waals surface area contributed by atoms with Crippen molar-refractivity contribution in [1.29, 1.82) is 0 Å². The van der Waals surface area contributed by atoms with E-state index in [0.717, 1.165) is 24.0 Å². The molecular formula is C12H19NO2S. The second-order valence-corrected chi connectivity index (χ2v) is 4.90. The van der Waals surface area contributed by atoms with Gasteiger partial charge in [-0.3, -0.25) is 4.79 Å². The lowest BCUT2D eigenvalue weighted by molar-refractivity contribution is 0.0952. The van der Waals surface area contributed by atoms with E-state index in [-0.39, 0.29) is 12.5 Å². The van der Waals surface area contributed by atoms with Gasteiger partial charge >= 0.3 is 0 Å². The van der Waals surface area contributed by atoms with Crippen molar-refractivity contribution in [3.8, 4) is 0 Å². The largest absolute Gasteiger partial charge is 0.396 e. The third-order valence-corrected chi connectivity index (χ3v) is 3.43. The van der Waals surface area contributed by atoms with Crippen LogP contribution in [0.4, 0.5) is 0 Å². The zero-order valence-corrected chi connectivity index (χ0v) is 10.6. The summed E-state index contributed by atoms with van der Waals surface area (Å²) in [6, 6.07) is 0. The van der Waals surface area contributed by atoms with E-state index in [1.807, 2.05) is 24.6 Å². The fourth-order valence-corrected chi connectivity index (χ4v) is 2.26. The standard InChI is InChI=1S/C12H19NO2S/c1-9(6-14)4-3-5-13-12(15)11-8-16-7-10(11)2/h7-9,14H,3-6H2,1-2H3,(H,13,15). The van der Waals surface area contributed by atoms with Crippen molar-refractivity contribution >= 4 is 17.2 Å². The van der Waals surface area contributed by atoms with Crippen LogP contribution in [0, 0.1) is 12.8 Å². The van der Waals surface area contributed by atoms with Gasteiger partial charge in [0.1, 0.15) is 0 Å². The summed E-state index contributed by atoms with van der Waals surface area (Å²) < 4.78 is 0. The number of nitrogens with one attached hydrogen (secondary N) is 1. The molecule has 16 heavy (non-hydrogen) atoms. The summed E-state index contributed by atoms with van der Waals surface area (Å²) in [6.45, 7) is 4.85. The van der Waals surface area contributed by atoms with Crippen molar-refractivity contribution in [2.45, 2.75) is 26.7 Å². The highest BCUT2D eigenvalue weighted by atomic mass is 32.1. The number of rotatable bonds is 6. The Kier molecular flexibility index (Phi) is 5.49. The lowest BCUT2D eigenvalue weighted by Gasteiger charge is -2.08. The molecule has 1 aromatic rings. The first-order chi connectivity index (χ1) is 7.65. The van der Waals surface area contributed by atoms with Gasteiger partial charge in [0.2, 0.25) is 0 Å². The molecule has 0 fully saturated rings. The molecule has 0 radical (unpaired) electrons. The lowest BCUT2D eigenvalue weighted by Crippen LogP contribution is -2.25. The number of carbonyl (C=O) groups is 1. The minimum absolute atomic E-state index is 0.00963. The van der Waals surface area contributed by atoms with E-state index in [2.05, 4.69) is 5.32 Å². The Labute approximate surface area is 100 Å². The van der Waals surface area contributed by atoms with Crippen LogP contribution in [-0.4, -0.2) is 24.2 Å². The number of aliphatic hydroxyl groups is 1. The Bertz CT molecular complexity index is 336. The number of hydrogen-bond acceptors (Lipinski definition) is 3. The molecular weight excluding hydrogens is 222 g/mol. The van der Waals surface area contributed by atoms with Crippen LogP contribution in [0.2, 0.25) is 0 Å². The molecule has 1 unspecified atom stereocenters. The van der Waals surface area contributed by atoms with Crippen LogP contribution in [0.25, 0.3) is 0 Å². The number of amides is 1. The fraction of sp³-hybridized carbons (Fsp3) is 0.583. The van der Waals surface area contributed by atoms with E-state index >= 15 is 0 Å². The molecule has 1 heterocycles. The third kappa shape index (κ3) is 3.94. The Hall–Kier alpha value is -0.870. The average Bonchev–Trinajstić information content (AvgIpc) is 2.70. The Morgan fingerprint density at radius 2 is 2.31 bits per heavy atom. The van der Waals surface area contributed by atoms with E-state index in [9.17, 15) is 4.79 Å². The summed E-state index contributed by atoms with van der Waals surface area (Å²) in [5.41, 5.74) is 1.81. The number of aryl methyl sites for hydroxylation is 1. The SMILES string of the molecule is Cc1cscc1C(=O)NCCCC(C)CO. The van der Waals surface area contributed by atoms with Gasteiger partial charge in [0.05, 0.1) is 5.56 Å². The molecule has 0 spiro atoms. The molecule has 3 nitrogen and oxygen atoms in total. The molecule has 1 rings (SSSR count). The molecule has 1 aromatic heterocycles. The van der Waals surface area contributed by atoms with Crippen molar-refractivity contribution in [2.75, 3.05) is 13.2 Å². The molecule has 0 aliphatic carbocycles. The van der Waals surface area contributed by atoms with Crippen LogP contribution in [0.15, 0.2) is 10.8 Å². The van der Waals surface area contributed by atoms with E-state index in [1.165, 1.54) is 0 Å². The number of carbonyl (C=O) groups excluding carboxylic acids is 1.